The van der Waals surface area contributed by atoms with E-state index in [9.17, 15) is 22.8 Å². The van der Waals surface area contributed by atoms with Crippen molar-refractivity contribution in [3.63, 3.8) is 0 Å². The Kier molecular flexibility index (Phi) is 6.86. The molecule has 1 aromatic rings. The summed E-state index contributed by atoms with van der Waals surface area (Å²) in [5, 5.41) is 0. The van der Waals surface area contributed by atoms with Crippen molar-refractivity contribution >= 4 is 12.0 Å². The maximum atomic E-state index is 13.0. The fourth-order valence-corrected chi connectivity index (χ4v) is 4.50. The number of carbonyl (C=O) groups excluding carboxylic acids is 2. The van der Waals surface area contributed by atoms with Gasteiger partial charge in [-0.05, 0) is 69.9 Å². The number of carbonyl (C=O) groups is 2. The van der Waals surface area contributed by atoms with E-state index < -0.39 is 23.7 Å². The Balaban J connectivity index is 1.66. The SMILES string of the molecule is CC(C)(C)OC(=O)N1CCC(Cc2ccccc2C2CCCN2C(=O)C(F)(F)F)CC1. The number of ether oxygens (including phenoxy) is 1. The van der Waals surface area contributed by atoms with E-state index in [4.69, 9.17) is 4.74 Å². The summed E-state index contributed by atoms with van der Waals surface area (Å²) in [5.41, 5.74) is 1.27. The van der Waals surface area contributed by atoms with Gasteiger partial charge in [-0.25, -0.2) is 4.79 Å². The first kappa shape index (κ1) is 23.4. The van der Waals surface area contributed by atoms with E-state index in [0.717, 1.165) is 35.3 Å². The normalized spacial score (nSPS) is 20.8. The highest BCUT2D eigenvalue weighted by molar-refractivity contribution is 5.82. The summed E-state index contributed by atoms with van der Waals surface area (Å²) in [6.07, 6.45) is -1.72. The molecule has 5 nitrogen and oxygen atoms in total. The third kappa shape index (κ3) is 5.92. The first-order valence-electron chi connectivity index (χ1n) is 10.9. The van der Waals surface area contributed by atoms with Crippen molar-refractivity contribution in [2.75, 3.05) is 19.6 Å². The van der Waals surface area contributed by atoms with Gasteiger partial charge in [0.15, 0.2) is 0 Å². The molecule has 3 rings (SSSR count). The topological polar surface area (TPSA) is 49.9 Å². The molecule has 1 aromatic carbocycles. The quantitative estimate of drug-likeness (QED) is 0.657. The van der Waals surface area contributed by atoms with Crippen molar-refractivity contribution in [1.29, 1.82) is 0 Å². The van der Waals surface area contributed by atoms with Crippen molar-refractivity contribution in [2.45, 2.75) is 70.7 Å². The van der Waals surface area contributed by atoms with Crippen LogP contribution in [0.15, 0.2) is 24.3 Å². The Morgan fingerprint density at radius 3 is 2.29 bits per heavy atom. The van der Waals surface area contributed by atoms with E-state index in [-0.39, 0.29) is 12.6 Å². The van der Waals surface area contributed by atoms with Gasteiger partial charge in [0.1, 0.15) is 5.60 Å². The zero-order valence-corrected chi connectivity index (χ0v) is 18.4. The van der Waals surface area contributed by atoms with Gasteiger partial charge >= 0.3 is 18.2 Å². The second-order valence-corrected chi connectivity index (χ2v) is 9.47. The lowest BCUT2D eigenvalue weighted by Gasteiger charge is -2.34. The van der Waals surface area contributed by atoms with Crippen LogP contribution in [0.2, 0.25) is 0 Å². The molecular weight excluding hydrogens is 409 g/mol. The summed E-state index contributed by atoms with van der Waals surface area (Å²) in [6, 6.07) is 6.96. The number of halogens is 3. The summed E-state index contributed by atoms with van der Waals surface area (Å²) in [5.74, 6) is -1.43. The highest BCUT2D eigenvalue weighted by Crippen LogP contribution is 2.38. The molecule has 1 unspecified atom stereocenters. The van der Waals surface area contributed by atoms with E-state index >= 15 is 0 Å². The first-order chi connectivity index (χ1) is 14.5. The number of rotatable bonds is 3. The van der Waals surface area contributed by atoms with Crippen LogP contribution in [0.25, 0.3) is 0 Å². The summed E-state index contributed by atoms with van der Waals surface area (Å²) in [4.78, 5) is 26.9. The maximum Gasteiger partial charge on any atom is 0.471 e. The zero-order valence-electron chi connectivity index (χ0n) is 18.4. The molecule has 0 aliphatic carbocycles. The first-order valence-corrected chi connectivity index (χ1v) is 10.9. The molecule has 31 heavy (non-hydrogen) atoms. The summed E-state index contributed by atoms with van der Waals surface area (Å²) >= 11 is 0. The summed E-state index contributed by atoms with van der Waals surface area (Å²) in [6.45, 7) is 6.85. The highest BCUT2D eigenvalue weighted by Gasteiger charge is 2.46. The van der Waals surface area contributed by atoms with Gasteiger partial charge in [-0.15, -0.1) is 0 Å². The zero-order chi connectivity index (χ0) is 22.8. The van der Waals surface area contributed by atoms with E-state index in [2.05, 4.69) is 0 Å². The van der Waals surface area contributed by atoms with Crippen LogP contribution in [-0.4, -0.2) is 53.2 Å². The van der Waals surface area contributed by atoms with Crippen LogP contribution in [0, 0.1) is 5.92 Å². The standard InChI is InChI=1S/C23H31F3N2O3/c1-22(2,3)31-21(30)27-13-10-16(11-14-27)15-17-7-4-5-8-18(17)19-9-6-12-28(19)20(29)23(24,25)26/h4-5,7-8,16,19H,6,9-15H2,1-3H3. The molecule has 0 radical (unpaired) electrons. The van der Waals surface area contributed by atoms with E-state index in [1.54, 1.807) is 4.90 Å². The molecule has 0 aromatic heterocycles. The Morgan fingerprint density at radius 1 is 1.03 bits per heavy atom. The largest absolute Gasteiger partial charge is 0.471 e. The van der Waals surface area contributed by atoms with Crippen molar-refractivity contribution < 1.29 is 27.5 Å². The third-order valence-corrected chi connectivity index (χ3v) is 5.95. The minimum atomic E-state index is -4.86. The molecule has 2 fully saturated rings. The number of amides is 2. The Labute approximate surface area is 181 Å². The van der Waals surface area contributed by atoms with Gasteiger partial charge < -0.3 is 14.5 Å². The van der Waals surface area contributed by atoms with Gasteiger partial charge in [0.2, 0.25) is 0 Å². The number of hydrogen-bond acceptors (Lipinski definition) is 3. The number of piperidine rings is 1. The number of nitrogens with zero attached hydrogens (tertiary/aromatic N) is 2. The van der Waals surface area contributed by atoms with Gasteiger partial charge in [0.05, 0.1) is 6.04 Å². The van der Waals surface area contributed by atoms with Crippen LogP contribution in [0.3, 0.4) is 0 Å². The van der Waals surface area contributed by atoms with Gasteiger partial charge in [0.25, 0.3) is 0 Å². The van der Waals surface area contributed by atoms with Gasteiger partial charge in [-0.1, -0.05) is 24.3 Å². The molecular formula is C23H31F3N2O3. The molecule has 0 bridgehead atoms. The minimum Gasteiger partial charge on any atom is -0.444 e. The number of benzene rings is 1. The fraction of sp³-hybridized carbons (Fsp3) is 0.652. The predicted octanol–water partition coefficient (Wildman–Crippen LogP) is 5.10. The van der Waals surface area contributed by atoms with Crippen LogP contribution in [0.4, 0.5) is 18.0 Å². The number of likely N-dealkylation sites (tertiary alicyclic amines) is 2. The average molecular weight is 441 g/mol. The van der Waals surface area contributed by atoms with Crippen LogP contribution < -0.4 is 0 Å². The molecule has 2 aliphatic heterocycles. The highest BCUT2D eigenvalue weighted by atomic mass is 19.4. The van der Waals surface area contributed by atoms with Gasteiger partial charge in [0, 0.05) is 19.6 Å². The van der Waals surface area contributed by atoms with Crippen molar-refractivity contribution in [3.05, 3.63) is 35.4 Å². The molecule has 2 amide bonds. The van der Waals surface area contributed by atoms with Crippen LogP contribution in [0.5, 0.6) is 0 Å². The lowest BCUT2D eigenvalue weighted by molar-refractivity contribution is -0.186. The number of hydrogen-bond donors (Lipinski definition) is 0. The molecule has 2 saturated heterocycles. The van der Waals surface area contributed by atoms with Crippen molar-refractivity contribution in [2.24, 2.45) is 5.92 Å². The number of alkyl halides is 3. The fourth-order valence-electron chi connectivity index (χ4n) is 4.50. The lowest BCUT2D eigenvalue weighted by atomic mass is 9.86. The second-order valence-electron chi connectivity index (χ2n) is 9.47. The van der Waals surface area contributed by atoms with Gasteiger partial charge in [-0.3, -0.25) is 4.79 Å². The molecule has 1 atom stereocenters. The molecule has 172 valence electrons. The Hall–Kier alpha value is -2.25. The third-order valence-electron chi connectivity index (χ3n) is 5.95. The molecule has 2 heterocycles. The second kappa shape index (κ2) is 9.09. The van der Waals surface area contributed by atoms with Gasteiger partial charge in [-0.2, -0.15) is 13.2 Å². The monoisotopic (exact) mass is 440 g/mol. The molecule has 0 saturated carbocycles. The Morgan fingerprint density at radius 2 is 1.68 bits per heavy atom. The Bertz CT molecular complexity index is 796. The maximum absolute atomic E-state index is 13.0. The molecule has 2 aliphatic rings. The van der Waals surface area contributed by atoms with E-state index in [0.29, 0.717) is 31.8 Å². The van der Waals surface area contributed by atoms with Crippen LogP contribution >= 0.6 is 0 Å². The minimum absolute atomic E-state index is 0.131. The van der Waals surface area contributed by atoms with Crippen LogP contribution in [0.1, 0.15) is 63.6 Å². The molecule has 8 heteroatoms. The predicted molar refractivity (Wildman–Crippen MR) is 110 cm³/mol. The van der Waals surface area contributed by atoms with E-state index in [1.165, 1.54) is 0 Å². The summed E-state index contributed by atoms with van der Waals surface area (Å²) < 4.78 is 44.5. The lowest BCUT2D eigenvalue weighted by Crippen LogP contribution is -2.42. The van der Waals surface area contributed by atoms with E-state index in [1.807, 2.05) is 45.0 Å². The van der Waals surface area contributed by atoms with Crippen LogP contribution in [-0.2, 0) is 16.0 Å². The molecule has 0 N–H and O–H groups in total. The van der Waals surface area contributed by atoms with Crippen molar-refractivity contribution in [3.8, 4) is 0 Å². The molecule has 0 spiro atoms. The average Bonchev–Trinajstić information content (AvgIpc) is 3.15. The smallest absolute Gasteiger partial charge is 0.444 e. The van der Waals surface area contributed by atoms with Crippen molar-refractivity contribution in [1.82, 2.24) is 9.80 Å². The summed E-state index contributed by atoms with van der Waals surface area (Å²) in [7, 11) is 0.